The highest BCUT2D eigenvalue weighted by atomic mass is 79.9. The van der Waals surface area contributed by atoms with Crippen LogP contribution in [-0.2, 0) is 4.79 Å². The van der Waals surface area contributed by atoms with Crippen molar-refractivity contribution >= 4 is 21.8 Å². The van der Waals surface area contributed by atoms with E-state index in [4.69, 9.17) is 5.73 Å². The molecule has 8 heteroatoms. The summed E-state index contributed by atoms with van der Waals surface area (Å²) < 4.78 is 49.2. The molecule has 1 aromatic carbocycles. The SMILES string of the molecule is NC(=O)C(NCC(F)(F)F)c1ccc(F)c(Br)c1. The number of rotatable bonds is 4. The molecule has 0 bridgehead atoms. The van der Waals surface area contributed by atoms with E-state index in [1.165, 1.54) is 12.1 Å². The first-order valence-electron chi connectivity index (χ1n) is 4.75. The number of amides is 1. The minimum atomic E-state index is -4.47. The van der Waals surface area contributed by atoms with Crippen LogP contribution in [0.1, 0.15) is 11.6 Å². The smallest absolute Gasteiger partial charge is 0.368 e. The maximum atomic E-state index is 13.0. The number of primary amides is 1. The van der Waals surface area contributed by atoms with E-state index >= 15 is 0 Å². The lowest BCUT2D eigenvalue weighted by atomic mass is 10.1. The molecule has 100 valence electrons. The zero-order chi connectivity index (χ0) is 13.9. The highest BCUT2D eigenvalue weighted by Gasteiger charge is 2.30. The third-order valence-electron chi connectivity index (χ3n) is 2.07. The largest absolute Gasteiger partial charge is 0.401 e. The molecule has 0 aliphatic rings. The average molecular weight is 329 g/mol. The van der Waals surface area contributed by atoms with Crippen LogP contribution in [0.25, 0.3) is 0 Å². The standard InChI is InChI=1S/C10H9BrF4N2O/c11-6-3-5(1-2-7(6)12)8(9(16)18)17-4-10(13,14)15/h1-3,8,17H,4H2,(H2,16,18). The van der Waals surface area contributed by atoms with E-state index in [0.717, 1.165) is 6.07 Å². The molecule has 0 fully saturated rings. The zero-order valence-corrected chi connectivity index (χ0v) is 10.5. The predicted octanol–water partition coefficient (Wildman–Crippen LogP) is 2.27. The van der Waals surface area contributed by atoms with Crippen LogP contribution >= 0.6 is 15.9 Å². The Morgan fingerprint density at radius 3 is 2.50 bits per heavy atom. The molecule has 1 rings (SSSR count). The summed E-state index contributed by atoms with van der Waals surface area (Å²) in [4.78, 5) is 11.1. The van der Waals surface area contributed by atoms with E-state index in [1.807, 2.05) is 5.32 Å². The van der Waals surface area contributed by atoms with Gasteiger partial charge >= 0.3 is 6.18 Å². The summed E-state index contributed by atoms with van der Waals surface area (Å²) in [5.41, 5.74) is 5.16. The second kappa shape index (κ2) is 5.66. The molecule has 0 spiro atoms. The lowest BCUT2D eigenvalue weighted by molar-refractivity contribution is -0.130. The molecular formula is C10H9BrF4N2O. The fourth-order valence-corrected chi connectivity index (χ4v) is 1.69. The molecule has 0 aliphatic carbocycles. The summed E-state index contributed by atoms with van der Waals surface area (Å²) in [6.07, 6.45) is -4.47. The van der Waals surface area contributed by atoms with Crippen molar-refractivity contribution in [3.8, 4) is 0 Å². The Morgan fingerprint density at radius 2 is 2.06 bits per heavy atom. The van der Waals surface area contributed by atoms with Gasteiger partial charge in [-0.25, -0.2) is 4.39 Å². The summed E-state index contributed by atoms with van der Waals surface area (Å²) in [7, 11) is 0. The molecule has 0 heterocycles. The molecule has 1 unspecified atom stereocenters. The lowest BCUT2D eigenvalue weighted by Gasteiger charge is -2.17. The van der Waals surface area contributed by atoms with Crippen LogP contribution in [0.4, 0.5) is 17.6 Å². The van der Waals surface area contributed by atoms with Crippen LogP contribution < -0.4 is 11.1 Å². The van der Waals surface area contributed by atoms with Gasteiger partial charge in [-0.1, -0.05) is 6.07 Å². The van der Waals surface area contributed by atoms with Crippen molar-refractivity contribution in [2.75, 3.05) is 6.54 Å². The number of nitrogens with one attached hydrogen (secondary N) is 1. The van der Waals surface area contributed by atoms with Gasteiger partial charge in [-0.2, -0.15) is 13.2 Å². The third-order valence-corrected chi connectivity index (χ3v) is 2.68. The Bertz CT molecular complexity index is 450. The van der Waals surface area contributed by atoms with Crippen LogP contribution in [0.15, 0.2) is 22.7 Å². The summed E-state index contributed by atoms with van der Waals surface area (Å²) in [5, 5.41) is 1.98. The Kier molecular flexibility index (Phi) is 4.69. The van der Waals surface area contributed by atoms with Crippen molar-refractivity contribution in [2.45, 2.75) is 12.2 Å². The van der Waals surface area contributed by atoms with Gasteiger partial charge in [0.15, 0.2) is 0 Å². The van der Waals surface area contributed by atoms with Crippen LogP contribution in [0.2, 0.25) is 0 Å². The van der Waals surface area contributed by atoms with Crippen molar-refractivity contribution in [1.82, 2.24) is 5.32 Å². The third kappa shape index (κ3) is 4.26. The molecule has 3 N–H and O–H groups in total. The molecule has 1 amide bonds. The van der Waals surface area contributed by atoms with Gasteiger partial charge in [0, 0.05) is 0 Å². The van der Waals surface area contributed by atoms with Crippen molar-refractivity contribution < 1.29 is 22.4 Å². The van der Waals surface area contributed by atoms with Crippen molar-refractivity contribution in [1.29, 1.82) is 0 Å². The molecule has 1 atom stereocenters. The summed E-state index contributed by atoms with van der Waals surface area (Å²) >= 11 is 2.88. The van der Waals surface area contributed by atoms with Crippen LogP contribution in [-0.4, -0.2) is 18.6 Å². The van der Waals surface area contributed by atoms with Crippen molar-refractivity contribution in [3.05, 3.63) is 34.1 Å². The Balaban J connectivity index is 2.91. The minimum absolute atomic E-state index is 0.0417. The summed E-state index contributed by atoms with van der Waals surface area (Å²) in [6.45, 7) is -1.37. The first-order chi connectivity index (χ1) is 8.20. The first-order valence-corrected chi connectivity index (χ1v) is 5.54. The van der Waals surface area contributed by atoms with Gasteiger partial charge in [-0.15, -0.1) is 0 Å². The highest BCUT2D eigenvalue weighted by molar-refractivity contribution is 9.10. The van der Waals surface area contributed by atoms with Gasteiger partial charge in [0.25, 0.3) is 0 Å². The van der Waals surface area contributed by atoms with E-state index in [-0.39, 0.29) is 10.0 Å². The number of carbonyl (C=O) groups excluding carboxylic acids is 1. The highest BCUT2D eigenvalue weighted by Crippen LogP contribution is 2.22. The average Bonchev–Trinajstić information content (AvgIpc) is 2.21. The maximum Gasteiger partial charge on any atom is 0.401 e. The number of carbonyl (C=O) groups is 1. The fraction of sp³-hybridized carbons (Fsp3) is 0.300. The second-order valence-corrected chi connectivity index (χ2v) is 4.36. The lowest BCUT2D eigenvalue weighted by Crippen LogP contribution is -2.39. The molecule has 3 nitrogen and oxygen atoms in total. The van der Waals surface area contributed by atoms with E-state index in [1.54, 1.807) is 0 Å². The molecule has 1 aromatic rings. The molecule has 0 saturated carbocycles. The van der Waals surface area contributed by atoms with Gasteiger partial charge in [0.1, 0.15) is 11.9 Å². The first kappa shape index (κ1) is 14.9. The maximum absolute atomic E-state index is 13.0. The van der Waals surface area contributed by atoms with E-state index in [0.29, 0.717) is 0 Å². The molecule has 0 radical (unpaired) electrons. The van der Waals surface area contributed by atoms with Gasteiger partial charge in [-0.05, 0) is 33.6 Å². The van der Waals surface area contributed by atoms with Crippen molar-refractivity contribution in [2.24, 2.45) is 5.73 Å². The predicted molar refractivity (Wildman–Crippen MR) is 60.1 cm³/mol. The Hall–Kier alpha value is -1.15. The van der Waals surface area contributed by atoms with Crippen molar-refractivity contribution in [3.63, 3.8) is 0 Å². The Morgan fingerprint density at radius 1 is 1.44 bits per heavy atom. The molecular weight excluding hydrogens is 320 g/mol. The topological polar surface area (TPSA) is 55.1 Å². The van der Waals surface area contributed by atoms with Gasteiger partial charge in [0.05, 0.1) is 11.0 Å². The molecule has 18 heavy (non-hydrogen) atoms. The second-order valence-electron chi connectivity index (χ2n) is 3.51. The Labute approximate surface area is 108 Å². The number of halogens is 5. The van der Waals surface area contributed by atoms with Crippen LogP contribution in [0.3, 0.4) is 0 Å². The van der Waals surface area contributed by atoms with Crippen LogP contribution in [0, 0.1) is 5.82 Å². The van der Waals surface area contributed by atoms with Gasteiger partial charge in [-0.3, -0.25) is 10.1 Å². The molecule has 0 aromatic heterocycles. The summed E-state index contributed by atoms with van der Waals surface area (Å²) in [6, 6.07) is 2.10. The number of hydrogen-bond donors (Lipinski definition) is 2. The zero-order valence-electron chi connectivity index (χ0n) is 8.89. The quantitative estimate of drug-likeness (QED) is 0.833. The number of benzene rings is 1. The summed E-state index contributed by atoms with van der Waals surface area (Å²) in [5.74, 6) is -1.56. The number of nitrogens with two attached hydrogens (primary N) is 1. The normalized spacial score (nSPS) is 13.4. The molecule has 0 aliphatic heterocycles. The fourth-order valence-electron chi connectivity index (χ4n) is 1.29. The van der Waals surface area contributed by atoms with Crippen LogP contribution in [0.5, 0.6) is 0 Å². The minimum Gasteiger partial charge on any atom is -0.368 e. The van der Waals surface area contributed by atoms with E-state index in [9.17, 15) is 22.4 Å². The van der Waals surface area contributed by atoms with Gasteiger partial charge < -0.3 is 5.73 Å². The van der Waals surface area contributed by atoms with E-state index < -0.39 is 30.5 Å². The number of hydrogen-bond acceptors (Lipinski definition) is 2. The van der Waals surface area contributed by atoms with Gasteiger partial charge in [0.2, 0.25) is 5.91 Å². The van der Waals surface area contributed by atoms with E-state index in [2.05, 4.69) is 15.9 Å². The monoisotopic (exact) mass is 328 g/mol. The number of alkyl halides is 3. The molecule has 0 saturated heterocycles.